The van der Waals surface area contributed by atoms with E-state index in [2.05, 4.69) is 0 Å². The van der Waals surface area contributed by atoms with Crippen molar-refractivity contribution in [3.63, 3.8) is 0 Å². The second-order valence-corrected chi connectivity index (χ2v) is 5.89. The topological polar surface area (TPSA) is 58.9 Å². The third kappa shape index (κ3) is 6.99. The molecule has 0 unspecified atom stereocenters. The summed E-state index contributed by atoms with van der Waals surface area (Å²) < 4.78 is 65.6. The van der Waals surface area contributed by atoms with Crippen molar-refractivity contribution in [3.8, 4) is 11.5 Å². The van der Waals surface area contributed by atoms with Crippen molar-refractivity contribution in [3.05, 3.63) is 23.3 Å². The van der Waals surface area contributed by atoms with Crippen molar-refractivity contribution in [2.45, 2.75) is 51.4 Å². The van der Waals surface area contributed by atoms with Crippen LogP contribution in [0.5, 0.6) is 11.5 Å². The smallest absolute Gasteiger partial charge is 0.207 e. The molecular formula is C18H26F4O4. The van der Waals surface area contributed by atoms with Crippen LogP contribution in [0.4, 0.5) is 17.6 Å². The molecule has 0 radical (unpaired) electrons. The van der Waals surface area contributed by atoms with Gasteiger partial charge in [0.25, 0.3) is 0 Å². The van der Waals surface area contributed by atoms with Gasteiger partial charge in [0.15, 0.2) is 11.5 Å². The van der Waals surface area contributed by atoms with E-state index in [1.807, 2.05) is 0 Å². The minimum absolute atomic E-state index is 0.0590. The van der Waals surface area contributed by atoms with E-state index < -0.39 is 34.8 Å². The number of aliphatic hydroxyl groups is 2. The fourth-order valence-electron chi connectivity index (χ4n) is 2.33. The number of benzene rings is 1. The molecule has 0 spiro atoms. The Morgan fingerprint density at radius 2 is 0.808 bits per heavy atom. The first-order valence-corrected chi connectivity index (χ1v) is 8.87. The zero-order valence-electron chi connectivity index (χ0n) is 14.7. The first-order valence-electron chi connectivity index (χ1n) is 8.87. The number of hydrogen-bond donors (Lipinski definition) is 2. The first-order chi connectivity index (χ1) is 12.5. The molecule has 1 aromatic rings. The minimum atomic E-state index is -1.62. The molecule has 150 valence electrons. The van der Waals surface area contributed by atoms with Crippen LogP contribution in [0.15, 0.2) is 0 Å². The second kappa shape index (κ2) is 12.8. The van der Waals surface area contributed by atoms with Crippen LogP contribution < -0.4 is 9.47 Å². The van der Waals surface area contributed by atoms with E-state index in [0.29, 0.717) is 38.5 Å². The normalized spacial score (nSPS) is 11.0. The maximum atomic E-state index is 14.0. The van der Waals surface area contributed by atoms with Gasteiger partial charge >= 0.3 is 0 Å². The fraction of sp³-hybridized carbons (Fsp3) is 0.667. The van der Waals surface area contributed by atoms with Gasteiger partial charge in [0.1, 0.15) is 0 Å². The molecule has 0 aromatic heterocycles. The molecule has 0 aliphatic carbocycles. The van der Waals surface area contributed by atoms with Crippen molar-refractivity contribution in [2.75, 3.05) is 26.4 Å². The lowest BCUT2D eigenvalue weighted by atomic mass is 10.2. The summed E-state index contributed by atoms with van der Waals surface area (Å²) in [5.74, 6) is -8.64. The van der Waals surface area contributed by atoms with Crippen molar-refractivity contribution >= 4 is 0 Å². The lowest BCUT2D eigenvalue weighted by molar-refractivity contribution is 0.234. The summed E-state index contributed by atoms with van der Waals surface area (Å²) in [6.45, 7) is -0.0702. The fourth-order valence-corrected chi connectivity index (χ4v) is 2.33. The Bertz CT molecular complexity index is 464. The van der Waals surface area contributed by atoms with Crippen molar-refractivity contribution < 1.29 is 37.2 Å². The Labute approximate surface area is 150 Å². The predicted octanol–water partition coefficient (Wildman–Crippen LogP) is 4.11. The Balaban J connectivity index is 2.61. The zero-order valence-corrected chi connectivity index (χ0v) is 14.7. The molecule has 4 nitrogen and oxygen atoms in total. The Hall–Kier alpha value is -1.54. The van der Waals surface area contributed by atoms with E-state index in [4.69, 9.17) is 19.7 Å². The van der Waals surface area contributed by atoms with Crippen molar-refractivity contribution in [1.29, 1.82) is 0 Å². The Morgan fingerprint density at radius 1 is 0.500 bits per heavy atom. The van der Waals surface area contributed by atoms with Gasteiger partial charge in [-0.3, -0.25) is 0 Å². The third-order valence-corrected chi connectivity index (χ3v) is 3.78. The maximum Gasteiger partial charge on any atom is 0.207 e. The molecular weight excluding hydrogens is 356 g/mol. The monoisotopic (exact) mass is 382 g/mol. The summed E-state index contributed by atoms with van der Waals surface area (Å²) in [5.41, 5.74) is 0. The summed E-state index contributed by atoms with van der Waals surface area (Å²) in [4.78, 5) is 0. The van der Waals surface area contributed by atoms with Crippen LogP contribution in [0.3, 0.4) is 0 Å². The van der Waals surface area contributed by atoms with E-state index in [-0.39, 0.29) is 26.4 Å². The van der Waals surface area contributed by atoms with Crippen LogP contribution in [0.25, 0.3) is 0 Å². The van der Waals surface area contributed by atoms with Gasteiger partial charge in [0.05, 0.1) is 13.2 Å². The molecule has 8 heteroatoms. The Morgan fingerprint density at radius 3 is 1.12 bits per heavy atom. The Kier molecular flexibility index (Phi) is 11.0. The van der Waals surface area contributed by atoms with Gasteiger partial charge in [-0.15, -0.1) is 0 Å². The summed E-state index contributed by atoms with van der Waals surface area (Å²) in [5, 5.41) is 17.3. The van der Waals surface area contributed by atoms with Crippen molar-refractivity contribution in [1.82, 2.24) is 0 Å². The summed E-state index contributed by atoms with van der Waals surface area (Å²) in [6.07, 6.45) is 4.86. The summed E-state index contributed by atoms with van der Waals surface area (Å²) >= 11 is 0. The average molecular weight is 382 g/mol. The molecule has 1 rings (SSSR count). The summed E-state index contributed by atoms with van der Waals surface area (Å²) in [7, 11) is 0. The highest BCUT2D eigenvalue weighted by molar-refractivity contribution is 5.38. The van der Waals surface area contributed by atoms with Crippen LogP contribution in [0.2, 0.25) is 0 Å². The highest BCUT2D eigenvalue weighted by atomic mass is 19.2. The van der Waals surface area contributed by atoms with Gasteiger partial charge in [-0.25, -0.2) is 0 Å². The van der Waals surface area contributed by atoms with Gasteiger partial charge in [0, 0.05) is 13.2 Å². The SMILES string of the molecule is OCCCCCCOc1c(F)c(F)c(OCCCCCCO)c(F)c1F. The van der Waals surface area contributed by atoms with Crippen LogP contribution in [0, 0.1) is 23.3 Å². The predicted molar refractivity (Wildman–Crippen MR) is 88.4 cm³/mol. The van der Waals surface area contributed by atoms with E-state index in [0.717, 1.165) is 12.8 Å². The molecule has 0 bridgehead atoms. The maximum absolute atomic E-state index is 14.0. The van der Waals surface area contributed by atoms with E-state index in [1.54, 1.807) is 0 Å². The number of rotatable bonds is 14. The lowest BCUT2D eigenvalue weighted by Crippen LogP contribution is -2.09. The van der Waals surface area contributed by atoms with Gasteiger partial charge in [-0.1, -0.05) is 12.8 Å². The largest absolute Gasteiger partial charge is 0.487 e. The van der Waals surface area contributed by atoms with Gasteiger partial charge < -0.3 is 19.7 Å². The van der Waals surface area contributed by atoms with Crippen LogP contribution in [-0.4, -0.2) is 36.6 Å². The molecule has 0 aliphatic rings. The minimum Gasteiger partial charge on any atom is -0.487 e. The van der Waals surface area contributed by atoms with E-state index >= 15 is 0 Å². The molecule has 1 aromatic carbocycles. The number of unbranched alkanes of at least 4 members (excludes halogenated alkanes) is 6. The molecule has 2 N–H and O–H groups in total. The van der Waals surface area contributed by atoms with Crippen LogP contribution >= 0.6 is 0 Å². The first kappa shape index (κ1) is 22.5. The molecule has 0 aliphatic heterocycles. The molecule has 0 atom stereocenters. The number of halogens is 4. The highest BCUT2D eigenvalue weighted by Gasteiger charge is 2.27. The van der Waals surface area contributed by atoms with Crippen LogP contribution in [0.1, 0.15) is 51.4 Å². The van der Waals surface area contributed by atoms with Crippen LogP contribution in [-0.2, 0) is 0 Å². The molecule has 0 amide bonds. The average Bonchev–Trinajstić information content (AvgIpc) is 2.64. The molecule has 0 saturated carbocycles. The van der Waals surface area contributed by atoms with Gasteiger partial charge in [-0.2, -0.15) is 17.6 Å². The molecule has 26 heavy (non-hydrogen) atoms. The van der Waals surface area contributed by atoms with E-state index in [9.17, 15) is 17.6 Å². The highest BCUT2D eigenvalue weighted by Crippen LogP contribution is 2.34. The molecule has 0 fully saturated rings. The number of ether oxygens (including phenoxy) is 2. The number of aliphatic hydroxyl groups excluding tert-OH is 2. The van der Waals surface area contributed by atoms with Crippen molar-refractivity contribution in [2.24, 2.45) is 0 Å². The van der Waals surface area contributed by atoms with Gasteiger partial charge in [-0.05, 0) is 38.5 Å². The third-order valence-electron chi connectivity index (χ3n) is 3.78. The van der Waals surface area contributed by atoms with Gasteiger partial charge in [0.2, 0.25) is 23.3 Å². The molecule has 0 heterocycles. The van der Waals surface area contributed by atoms with E-state index in [1.165, 1.54) is 0 Å². The lowest BCUT2D eigenvalue weighted by Gasteiger charge is -2.14. The quantitative estimate of drug-likeness (QED) is 0.289. The zero-order chi connectivity index (χ0) is 19.4. The summed E-state index contributed by atoms with van der Waals surface area (Å²) in [6, 6.07) is 0. The number of hydrogen-bond acceptors (Lipinski definition) is 4. The standard InChI is InChI=1S/C18H26F4O4/c19-13-15(21)18(26-12-8-4-2-6-10-24)16(22)14(20)17(13)25-11-7-3-1-5-9-23/h23-24H,1-12H2. The molecule has 0 saturated heterocycles. The second-order valence-electron chi connectivity index (χ2n) is 5.89.